The van der Waals surface area contributed by atoms with Crippen LogP contribution in [0.5, 0.6) is 0 Å². The van der Waals surface area contributed by atoms with Crippen LogP contribution in [0, 0.1) is 0 Å². The van der Waals surface area contributed by atoms with Crippen molar-refractivity contribution in [2.24, 2.45) is 0 Å². The molecule has 1 nitrogen and oxygen atoms in total. The van der Waals surface area contributed by atoms with E-state index in [0.717, 1.165) is 12.3 Å². The van der Waals surface area contributed by atoms with Gasteiger partial charge in [-0.15, -0.1) is 0 Å². The summed E-state index contributed by atoms with van der Waals surface area (Å²) in [6, 6.07) is 2.48. The van der Waals surface area contributed by atoms with Gasteiger partial charge in [-0.25, -0.2) is 0 Å². The second kappa shape index (κ2) is 5.32. The third kappa shape index (κ3) is 4.21. The highest BCUT2D eigenvalue weighted by molar-refractivity contribution is 5.20. The Kier molecular flexibility index (Phi) is 4.97. The molecule has 16 heavy (non-hydrogen) atoms. The summed E-state index contributed by atoms with van der Waals surface area (Å²) in [5.74, 6) is 0. The van der Waals surface area contributed by atoms with Crippen LogP contribution in [0.4, 0.5) is 13.2 Å². The standard InChI is InChI=1S/C10H12F3N.C2H6/c1-9(2,3)8-5-4-7(6-14-8)10(11,12)13;1-2/h4-6H,1-3H3;1-2H3. The van der Waals surface area contributed by atoms with Crippen LogP contribution < -0.4 is 0 Å². The third-order valence-electron chi connectivity index (χ3n) is 1.86. The van der Waals surface area contributed by atoms with E-state index in [9.17, 15) is 13.2 Å². The highest BCUT2D eigenvalue weighted by Gasteiger charge is 2.31. The third-order valence-corrected chi connectivity index (χ3v) is 1.86. The molecular formula is C12H18F3N. The molecule has 0 atom stereocenters. The van der Waals surface area contributed by atoms with Crippen LogP contribution in [-0.4, -0.2) is 4.98 Å². The van der Waals surface area contributed by atoms with Crippen LogP contribution >= 0.6 is 0 Å². The topological polar surface area (TPSA) is 12.9 Å². The summed E-state index contributed by atoms with van der Waals surface area (Å²) in [6.45, 7) is 9.72. The second-order valence-corrected chi connectivity index (χ2v) is 4.18. The monoisotopic (exact) mass is 233 g/mol. The molecule has 1 aromatic rings. The van der Waals surface area contributed by atoms with Crippen molar-refractivity contribution in [3.63, 3.8) is 0 Å². The van der Waals surface area contributed by atoms with Gasteiger partial charge >= 0.3 is 6.18 Å². The van der Waals surface area contributed by atoms with Crippen LogP contribution in [0.2, 0.25) is 0 Å². The van der Waals surface area contributed by atoms with Crippen molar-refractivity contribution in [1.29, 1.82) is 0 Å². The van der Waals surface area contributed by atoms with Gasteiger partial charge in [0, 0.05) is 17.3 Å². The maximum absolute atomic E-state index is 12.2. The van der Waals surface area contributed by atoms with Crippen molar-refractivity contribution < 1.29 is 13.2 Å². The highest BCUT2D eigenvalue weighted by atomic mass is 19.4. The molecule has 1 aromatic heterocycles. The summed E-state index contributed by atoms with van der Waals surface area (Å²) in [4.78, 5) is 3.80. The lowest BCUT2D eigenvalue weighted by Crippen LogP contribution is -2.14. The van der Waals surface area contributed by atoms with Gasteiger partial charge in [-0.3, -0.25) is 4.98 Å². The SMILES string of the molecule is CC.CC(C)(C)c1ccc(C(F)(F)F)cn1. The Labute approximate surface area is 94.7 Å². The Bertz CT molecular complexity index is 274. The number of hydrogen-bond acceptors (Lipinski definition) is 1. The van der Waals surface area contributed by atoms with Crippen LogP contribution in [0.3, 0.4) is 0 Å². The minimum atomic E-state index is -4.30. The van der Waals surface area contributed by atoms with E-state index >= 15 is 0 Å². The second-order valence-electron chi connectivity index (χ2n) is 4.18. The first kappa shape index (κ1) is 14.9. The Morgan fingerprint density at radius 1 is 1.00 bits per heavy atom. The molecule has 0 fully saturated rings. The molecule has 0 amide bonds. The normalized spacial score (nSPS) is 11.8. The molecule has 4 heteroatoms. The van der Waals surface area contributed by atoms with Gasteiger partial charge in [-0.05, 0) is 12.1 Å². The minimum Gasteiger partial charge on any atom is -0.260 e. The summed E-state index contributed by atoms with van der Waals surface area (Å²) in [7, 11) is 0. The molecule has 0 spiro atoms. The van der Waals surface area contributed by atoms with E-state index in [-0.39, 0.29) is 5.41 Å². The molecule has 0 unspecified atom stereocenters. The van der Waals surface area contributed by atoms with Gasteiger partial charge in [0.15, 0.2) is 0 Å². The van der Waals surface area contributed by atoms with E-state index in [1.165, 1.54) is 6.07 Å². The molecule has 0 aliphatic rings. The molecule has 0 saturated carbocycles. The molecule has 0 N–H and O–H groups in total. The van der Waals surface area contributed by atoms with Crippen molar-refractivity contribution in [2.45, 2.75) is 46.2 Å². The zero-order valence-electron chi connectivity index (χ0n) is 10.3. The minimum absolute atomic E-state index is 0.218. The molecule has 0 saturated heterocycles. The molecule has 0 aliphatic heterocycles. The number of aromatic nitrogens is 1. The van der Waals surface area contributed by atoms with Gasteiger partial charge in [-0.1, -0.05) is 34.6 Å². The first-order valence-electron chi connectivity index (χ1n) is 5.25. The van der Waals surface area contributed by atoms with E-state index in [4.69, 9.17) is 0 Å². The average Bonchev–Trinajstić information content (AvgIpc) is 2.18. The van der Waals surface area contributed by atoms with E-state index in [2.05, 4.69) is 4.98 Å². The van der Waals surface area contributed by atoms with Gasteiger partial charge in [0.05, 0.1) is 5.56 Å². The molecule has 1 rings (SSSR count). The fourth-order valence-corrected chi connectivity index (χ4v) is 1.01. The lowest BCUT2D eigenvalue weighted by Gasteiger charge is -2.17. The Balaban J connectivity index is 0.00000106. The average molecular weight is 233 g/mol. The number of halogens is 3. The van der Waals surface area contributed by atoms with Gasteiger partial charge in [-0.2, -0.15) is 13.2 Å². The summed E-state index contributed by atoms with van der Waals surface area (Å²) in [6.07, 6.45) is -3.43. The van der Waals surface area contributed by atoms with Gasteiger partial charge in [0.2, 0.25) is 0 Å². The molecule has 0 aromatic carbocycles. The largest absolute Gasteiger partial charge is 0.417 e. The van der Waals surface area contributed by atoms with Crippen molar-refractivity contribution in [2.75, 3.05) is 0 Å². The van der Waals surface area contributed by atoms with E-state index < -0.39 is 11.7 Å². The van der Waals surface area contributed by atoms with Gasteiger partial charge in [0.1, 0.15) is 0 Å². The van der Waals surface area contributed by atoms with E-state index in [1.54, 1.807) is 0 Å². The van der Waals surface area contributed by atoms with Gasteiger partial charge < -0.3 is 0 Å². The van der Waals surface area contributed by atoms with Crippen molar-refractivity contribution in [3.8, 4) is 0 Å². The molecule has 92 valence electrons. The molecule has 1 heterocycles. The van der Waals surface area contributed by atoms with Crippen molar-refractivity contribution in [3.05, 3.63) is 29.6 Å². The zero-order valence-corrected chi connectivity index (χ0v) is 10.3. The van der Waals surface area contributed by atoms with Crippen molar-refractivity contribution >= 4 is 0 Å². The predicted molar refractivity (Wildman–Crippen MR) is 59.3 cm³/mol. The first-order chi connectivity index (χ1) is 7.21. The highest BCUT2D eigenvalue weighted by Crippen LogP contribution is 2.29. The van der Waals surface area contributed by atoms with Crippen LogP contribution in [0.15, 0.2) is 18.3 Å². The summed E-state index contributed by atoms with van der Waals surface area (Å²) in [5.41, 5.74) is -0.263. The Morgan fingerprint density at radius 3 is 1.75 bits per heavy atom. The van der Waals surface area contributed by atoms with Gasteiger partial charge in [0.25, 0.3) is 0 Å². The van der Waals surface area contributed by atoms with Crippen LogP contribution in [0.1, 0.15) is 45.9 Å². The zero-order chi connectivity index (χ0) is 13.0. The number of rotatable bonds is 0. The van der Waals surface area contributed by atoms with E-state index in [0.29, 0.717) is 5.69 Å². The van der Waals surface area contributed by atoms with Crippen LogP contribution in [0.25, 0.3) is 0 Å². The first-order valence-corrected chi connectivity index (χ1v) is 5.25. The number of nitrogens with zero attached hydrogens (tertiary/aromatic N) is 1. The maximum atomic E-state index is 12.2. The Morgan fingerprint density at radius 2 is 1.50 bits per heavy atom. The number of alkyl halides is 3. The predicted octanol–water partition coefficient (Wildman–Crippen LogP) is 4.42. The summed E-state index contributed by atoms with van der Waals surface area (Å²) in [5, 5.41) is 0. The smallest absolute Gasteiger partial charge is 0.260 e. The fraction of sp³-hybridized carbons (Fsp3) is 0.583. The fourth-order valence-electron chi connectivity index (χ4n) is 1.01. The lowest BCUT2D eigenvalue weighted by molar-refractivity contribution is -0.137. The molecule has 0 radical (unpaired) electrons. The van der Waals surface area contributed by atoms with Crippen molar-refractivity contribution in [1.82, 2.24) is 4.98 Å². The van der Waals surface area contributed by atoms with Crippen LogP contribution in [-0.2, 0) is 11.6 Å². The number of hydrogen-bond donors (Lipinski definition) is 0. The quantitative estimate of drug-likeness (QED) is 0.646. The van der Waals surface area contributed by atoms with E-state index in [1.807, 2.05) is 34.6 Å². The molecule has 0 aliphatic carbocycles. The number of pyridine rings is 1. The maximum Gasteiger partial charge on any atom is 0.417 e. The Hall–Kier alpha value is -1.06. The molecular weight excluding hydrogens is 215 g/mol. The summed E-state index contributed by atoms with van der Waals surface area (Å²) >= 11 is 0. The molecule has 0 bridgehead atoms. The lowest BCUT2D eigenvalue weighted by atomic mass is 9.91. The summed E-state index contributed by atoms with van der Waals surface area (Å²) < 4.78 is 36.5.